The summed E-state index contributed by atoms with van der Waals surface area (Å²) in [6, 6.07) is 5.14. The fourth-order valence-electron chi connectivity index (χ4n) is 1.28. The molecule has 0 aliphatic rings. The Morgan fingerprint density at radius 3 is 3.00 bits per heavy atom. The minimum absolute atomic E-state index is 0.291. The molecule has 14 heavy (non-hydrogen) atoms. The van der Waals surface area contributed by atoms with Crippen LogP contribution in [0.4, 0.5) is 4.39 Å². The Morgan fingerprint density at radius 1 is 1.57 bits per heavy atom. The summed E-state index contributed by atoms with van der Waals surface area (Å²) in [5.41, 5.74) is 1.29. The molecule has 0 aromatic carbocycles. The van der Waals surface area contributed by atoms with Crippen LogP contribution in [0.2, 0.25) is 0 Å². The van der Waals surface area contributed by atoms with Gasteiger partial charge in [-0.25, -0.2) is 8.91 Å². The zero-order valence-corrected chi connectivity index (χ0v) is 7.24. The first-order valence-corrected chi connectivity index (χ1v) is 3.96. The van der Waals surface area contributed by atoms with Gasteiger partial charge in [-0.15, -0.1) is 0 Å². The summed E-state index contributed by atoms with van der Waals surface area (Å²) in [4.78, 5) is 0. The lowest BCUT2D eigenvalue weighted by atomic mass is 10.2. The maximum absolute atomic E-state index is 13.2. The summed E-state index contributed by atoms with van der Waals surface area (Å²) < 4.78 is 14.4. The van der Waals surface area contributed by atoms with Crippen LogP contribution in [0.25, 0.3) is 11.6 Å². The lowest BCUT2D eigenvalue weighted by Crippen LogP contribution is -1.94. The van der Waals surface area contributed by atoms with Crippen molar-refractivity contribution in [3.63, 3.8) is 0 Å². The molecular formula is C10H6FN3. The van der Waals surface area contributed by atoms with E-state index < -0.39 is 5.82 Å². The smallest absolute Gasteiger partial charge is 0.168 e. The van der Waals surface area contributed by atoms with Crippen LogP contribution < -0.4 is 0 Å². The molecule has 2 aromatic rings. The van der Waals surface area contributed by atoms with Crippen molar-refractivity contribution in [2.75, 3.05) is 0 Å². The Hall–Kier alpha value is -2.15. The van der Waals surface area contributed by atoms with Crippen LogP contribution in [0.1, 0.15) is 11.3 Å². The molecule has 0 atom stereocenters. The minimum Gasteiger partial charge on any atom is -0.220 e. The molecule has 4 heteroatoms. The van der Waals surface area contributed by atoms with Gasteiger partial charge in [0, 0.05) is 0 Å². The summed E-state index contributed by atoms with van der Waals surface area (Å²) in [5, 5.41) is 12.5. The number of fused-ring (bicyclic) bond motifs is 1. The maximum Gasteiger partial charge on any atom is 0.168 e. The molecule has 2 heterocycles. The Balaban J connectivity index is 2.91. The van der Waals surface area contributed by atoms with E-state index in [4.69, 9.17) is 5.26 Å². The number of hydrogen-bond donors (Lipinski definition) is 0. The molecule has 0 radical (unpaired) electrons. The van der Waals surface area contributed by atoms with E-state index in [1.165, 1.54) is 4.52 Å². The molecule has 2 aromatic heterocycles. The minimum atomic E-state index is -0.440. The molecule has 0 fully saturated rings. The van der Waals surface area contributed by atoms with Gasteiger partial charge in [-0.1, -0.05) is 12.7 Å². The average Bonchev–Trinajstić information content (AvgIpc) is 2.59. The van der Waals surface area contributed by atoms with E-state index in [1.54, 1.807) is 18.2 Å². The van der Waals surface area contributed by atoms with Gasteiger partial charge < -0.3 is 0 Å². The molecule has 0 bridgehead atoms. The first-order valence-electron chi connectivity index (χ1n) is 3.96. The Kier molecular flexibility index (Phi) is 1.79. The summed E-state index contributed by atoms with van der Waals surface area (Å²) in [7, 11) is 0. The van der Waals surface area contributed by atoms with Gasteiger partial charge in [-0.2, -0.15) is 10.4 Å². The first-order chi connectivity index (χ1) is 6.76. The summed E-state index contributed by atoms with van der Waals surface area (Å²) in [5.74, 6) is -0.440. The predicted octanol–water partition coefficient (Wildman–Crippen LogP) is 1.99. The number of pyridine rings is 1. The zero-order chi connectivity index (χ0) is 10.1. The Morgan fingerprint density at radius 2 is 2.36 bits per heavy atom. The molecule has 0 spiro atoms. The molecule has 68 valence electrons. The van der Waals surface area contributed by atoms with Gasteiger partial charge in [-0.05, 0) is 17.7 Å². The van der Waals surface area contributed by atoms with Gasteiger partial charge in [0.1, 0.15) is 17.3 Å². The SMILES string of the molecule is C=Cc1cc(C#N)n2ncc(F)c2c1. The van der Waals surface area contributed by atoms with Gasteiger partial charge in [0.15, 0.2) is 5.82 Å². The monoisotopic (exact) mass is 187 g/mol. The molecule has 0 saturated heterocycles. The Bertz CT molecular complexity index is 548. The van der Waals surface area contributed by atoms with E-state index in [0.29, 0.717) is 16.8 Å². The van der Waals surface area contributed by atoms with Crippen molar-refractivity contribution in [3.05, 3.63) is 42.0 Å². The van der Waals surface area contributed by atoms with Crippen LogP contribution in [-0.4, -0.2) is 9.61 Å². The molecule has 0 unspecified atom stereocenters. The van der Waals surface area contributed by atoms with Gasteiger partial charge >= 0.3 is 0 Å². The van der Waals surface area contributed by atoms with Gasteiger partial charge in [0.05, 0.1) is 6.20 Å². The number of hydrogen-bond acceptors (Lipinski definition) is 2. The zero-order valence-electron chi connectivity index (χ0n) is 7.24. The van der Waals surface area contributed by atoms with Crippen molar-refractivity contribution in [2.45, 2.75) is 0 Å². The highest BCUT2D eigenvalue weighted by Gasteiger charge is 2.07. The molecule has 0 aliphatic heterocycles. The number of rotatable bonds is 1. The van der Waals surface area contributed by atoms with Crippen molar-refractivity contribution >= 4 is 11.6 Å². The van der Waals surface area contributed by atoms with Crippen molar-refractivity contribution in [2.24, 2.45) is 0 Å². The second-order valence-corrected chi connectivity index (χ2v) is 2.78. The summed E-state index contributed by atoms with van der Waals surface area (Å²) >= 11 is 0. The van der Waals surface area contributed by atoms with Crippen molar-refractivity contribution < 1.29 is 4.39 Å². The lowest BCUT2D eigenvalue weighted by molar-refractivity contribution is 0.639. The quantitative estimate of drug-likeness (QED) is 0.685. The first kappa shape index (κ1) is 8.45. The lowest BCUT2D eigenvalue weighted by Gasteiger charge is -1.98. The van der Waals surface area contributed by atoms with Crippen LogP contribution in [-0.2, 0) is 0 Å². The molecule has 0 N–H and O–H groups in total. The number of nitriles is 1. The van der Waals surface area contributed by atoms with E-state index in [2.05, 4.69) is 11.7 Å². The van der Waals surface area contributed by atoms with Crippen LogP contribution in [0.5, 0.6) is 0 Å². The van der Waals surface area contributed by atoms with Crippen molar-refractivity contribution in [1.29, 1.82) is 5.26 Å². The topological polar surface area (TPSA) is 41.1 Å². The highest BCUT2D eigenvalue weighted by Crippen LogP contribution is 2.14. The number of halogens is 1. The van der Waals surface area contributed by atoms with Crippen LogP contribution in [0.15, 0.2) is 24.9 Å². The van der Waals surface area contributed by atoms with E-state index in [0.717, 1.165) is 6.20 Å². The third kappa shape index (κ3) is 1.07. The number of nitrogens with zero attached hydrogens (tertiary/aromatic N) is 3. The molecule has 0 aliphatic carbocycles. The third-order valence-corrected chi connectivity index (χ3v) is 1.94. The second kappa shape index (κ2) is 2.96. The molecule has 0 saturated carbocycles. The number of aromatic nitrogens is 2. The molecule has 2 rings (SSSR count). The van der Waals surface area contributed by atoms with Gasteiger partial charge in [0.2, 0.25) is 0 Å². The summed E-state index contributed by atoms with van der Waals surface area (Å²) in [6.45, 7) is 3.57. The molecule has 3 nitrogen and oxygen atoms in total. The van der Waals surface area contributed by atoms with Gasteiger partial charge in [-0.3, -0.25) is 0 Å². The maximum atomic E-state index is 13.2. The van der Waals surface area contributed by atoms with Gasteiger partial charge in [0.25, 0.3) is 0 Å². The highest BCUT2D eigenvalue weighted by molar-refractivity contribution is 5.60. The largest absolute Gasteiger partial charge is 0.220 e. The second-order valence-electron chi connectivity index (χ2n) is 2.78. The molecular weight excluding hydrogens is 181 g/mol. The van der Waals surface area contributed by atoms with Crippen molar-refractivity contribution in [3.8, 4) is 6.07 Å². The average molecular weight is 187 g/mol. The van der Waals surface area contributed by atoms with E-state index in [-0.39, 0.29) is 0 Å². The van der Waals surface area contributed by atoms with E-state index >= 15 is 0 Å². The molecule has 0 amide bonds. The Labute approximate surface area is 79.7 Å². The predicted molar refractivity (Wildman–Crippen MR) is 50.0 cm³/mol. The fraction of sp³-hybridized carbons (Fsp3) is 0. The highest BCUT2D eigenvalue weighted by atomic mass is 19.1. The third-order valence-electron chi connectivity index (χ3n) is 1.94. The van der Waals surface area contributed by atoms with Crippen molar-refractivity contribution in [1.82, 2.24) is 9.61 Å². The standard InChI is InChI=1S/C10H6FN3/c1-2-7-3-8(5-12)14-10(4-7)9(11)6-13-14/h2-4,6H,1H2. The van der Waals surface area contributed by atoms with Crippen LogP contribution in [0.3, 0.4) is 0 Å². The fourth-order valence-corrected chi connectivity index (χ4v) is 1.28. The van der Waals surface area contributed by atoms with Crippen LogP contribution >= 0.6 is 0 Å². The van der Waals surface area contributed by atoms with E-state index in [9.17, 15) is 4.39 Å². The summed E-state index contributed by atoms with van der Waals surface area (Å²) in [6.07, 6.45) is 2.65. The van der Waals surface area contributed by atoms with E-state index in [1.807, 2.05) is 6.07 Å². The normalized spacial score (nSPS) is 10.0. The van der Waals surface area contributed by atoms with Crippen LogP contribution in [0, 0.1) is 17.1 Å².